The Bertz CT molecular complexity index is 306. The molecule has 1 rings (SSSR count). The second-order valence-electron chi connectivity index (χ2n) is 3.01. The quantitative estimate of drug-likeness (QED) is 0.497. The molecule has 0 unspecified atom stereocenters. The summed E-state index contributed by atoms with van der Waals surface area (Å²) in [4.78, 5) is 0. The molecular weight excluding hydrogens is 183 g/mol. The summed E-state index contributed by atoms with van der Waals surface area (Å²) in [6, 6.07) is 3.76. The Labute approximate surface area is 73.6 Å². The van der Waals surface area contributed by atoms with Crippen LogP contribution in [-0.2, 0) is 6.32 Å². The molecule has 0 fully saturated rings. The molecule has 0 aromatic heterocycles. The van der Waals surface area contributed by atoms with Crippen molar-refractivity contribution in [3.8, 4) is 0 Å². The van der Waals surface area contributed by atoms with Crippen LogP contribution in [0.25, 0.3) is 0 Å². The molecule has 13 heavy (non-hydrogen) atoms. The minimum atomic E-state index is -4.95. The van der Waals surface area contributed by atoms with Crippen molar-refractivity contribution in [2.45, 2.75) is 13.2 Å². The van der Waals surface area contributed by atoms with Crippen LogP contribution in [0.1, 0.15) is 11.1 Å². The van der Waals surface area contributed by atoms with Crippen molar-refractivity contribution in [3.05, 3.63) is 35.1 Å². The maximum absolute atomic E-state index is 12.9. The van der Waals surface area contributed by atoms with Crippen molar-refractivity contribution in [1.29, 1.82) is 0 Å². The SMILES string of the molecule is Cc1ccc(C[B-](F)(F)F)c(F)c1. The molecule has 0 saturated carbocycles. The summed E-state index contributed by atoms with van der Waals surface area (Å²) in [5, 5.41) is 0. The lowest BCUT2D eigenvalue weighted by molar-refractivity contribution is 0.464. The molecule has 1 aromatic carbocycles. The highest BCUT2D eigenvalue weighted by molar-refractivity contribution is 6.57. The van der Waals surface area contributed by atoms with Gasteiger partial charge < -0.3 is 12.9 Å². The molecule has 0 spiro atoms. The Balaban J connectivity index is 2.90. The fourth-order valence-corrected chi connectivity index (χ4v) is 1.07. The molecule has 0 N–H and O–H groups in total. The number of hydrogen-bond acceptors (Lipinski definition) is 0. The molecule has 0 nitrogen and oxygen atoms in total. The topological polar surface area (TPSA) is 0 Å². The predicted molar refractivity (Wildman–Crippen MR) is 43.9 cm³/mol. The largest absolute Gasteiger partial charge is 0.482 e. The van der Waals surface area contributed by atoms with E-state index in [4.69, 9.17) is 0 Å². The van der Waals surface area contributed by atoms with Gasteiger partial charge >= 0.3 is 6.98 Å². The van der Waals surface area contributed by atoms with Gasteiger partial charge in [-0.25, -0.2) is 4.39 Å². The smallest absolute Gasteiger partial charge is 0.449 e. The molecule has 1 aromatic rings. The number of aryl methyl sites for hydroxylation is 1. The molecule has 0 aliphatic rings. The molecule has 5 heteroatoms. The summed E-state index contributed by atoms with van der Waals surface area (Å²) < 4.78 is 48.6. The minimum absolute atomic E-state index is 0.280. The van der Waals surface area contributed by atoms with Crippen molar-refractivity contribution < 1.29 is 17.3 Å². The van der Waals surface area contributed by atoms with E-state index in [1.807, 2.05) is 0 Å². The monoisotopic (exact) mass is 191 g/mol. The van der Waals surface area contributed by atoms with Gasteiger partial charge in [0.05, 0.1) is 0 Å². The van der Waals surface area contributed by atoms with Gasteiger partial charge in [0.15, 0.2) is 0 Å². The molecule has 72 valence electrons. The Morgan fingerprint density at radius 2 is 1.85 bits per heavy atom. The first-order valence-electron chi connectivity index (χ1n) is 3.84. The van der Waals surface area contributed by atoms with E-state index in [0.29, 0.717) is 5.56 Å². The summed E-state index contributed by atoms with van der Waals surface area (Å²) >= 11 is 0. The molecule has 0 bridgehead atoms. The van der Waals surface area contributed by atoms with E-state index in [9.17, 15) is 17.3 Å². The van der Waals surface area contributed by atoms with E-state index in [1.165, 1.54) is 12.1 Å². The summed E-state index contributed by atoms with van der Waals surface area (Å²) in [5.41, 5.74) is 0.342. The number of benzene rings is 1. The molecule has 0 amide bonds. The van der Waals surface area contributed by atoms with Gasteiger partial charge in [-0.1, -0.05) is 18.5 Å². The van der Waals surface area contributed by atoms with Gasteiger partial charge in [-0.15, -0.1) is 0 Å². The summed E-state index contributed by atoms with van der Waals surface area (Å²) in [6.07, 6.45) is -1.15. The highest BCUT2D eigenvalue weighted by atomic mass is 19.4. The number of hydrogen-bond donors (Lipinski definition) is 0. The van der Waals surface area contributed by atoms with Gasteiger partial charge in [-0.3, -0.25) is 0 Å². The molecule has 0 heterocycles. The highest BCUT2D eigenvalue weighted by Crippen LogP contribution is 2.19. The van der Waals surface area contributed by atoms with Crippen LogP contribution in [0.3, 0.4) is 0 Å². The average Bonchev–Trinajstić information content (AvgIpc) is 1.93. The van der Waals surface area contributed by atoms with Crippen LogP contribution in [0.2, 0.25) is 0 Å². The zero-order valence-corrected chi connectivity index (χ0v) is 7.03. The summed E-state index contributed by atoms with van der Waals surface area (Å²) in [7, 11) is 0. The lowest BCUT2D eigenvalue weighted by atomic mass is 9.81. The van der Waals surface area contributed by atoms with Gasteiger partial charge in [-0.2, -0.15) is 0 Å². The normalized spacial score (nSPS) is 11.8. The molecule has 0 aliphatic heterocycles. The van der Waals surface area contributed by atoms with Crippen LogP contribution >= 0.6 is 0 Å². The van der Waals surface area contributed by atoms with Crippen LogP contribution in [0.4, 0.5) is 17.3 Å². The summed E-state index contributed by atoms with van der Waals surface area (Å²) in [6.45, 7) is -3.32. The molecule has 0 radical (unpaired) electrons. The fourth-order valence-electron chi connectivity index (χ4n) is 1.07. The number of rotatable bonds is 2. The van der Waals surface area contributed by atoms with Gasteiger partial charge in [0.1, 0.15) is 5.82 Å². The molecule has 0 atom stereocenters. The Hall–Kier alpha value is -0.995. The van der Waals surface area contributed by atoms with E-state index in [0.717, 1.165) is 6.07 Å². The Kier molecular flexibility index (Phi) is 2.64. The second-order valence-corrected chi connectivity index (χ2v) is 3.01. The van der Waals surface area contributed by atoms with E-state index in [2.05, 4.69) is 0 Å². The first kappa shape index (κ1) is 10.1. The first-order valence-corrected chi connectivity index (χ1v) is 3.84. The van der Waals surface area contributed by atoms with Gasteiger partial charge in [-0.05, 0) is 24.1 Å². The lowest BCUT2D eigenvalue weighted by Crippen LogP contribution is -2.20. The van der Waals surface area contributed by atoms with Crippen LogP contribution < -0.4 is 0 Å². The zero-order chi connectivity index (χ0) is 10.1. The van der Waals surface area contributed by atoms with Crippen molar-refractivity contribution in [2.24, 2.45) is 0 Å². The van der Waals surface area contributed by atoms with Gasteiger partial charge in [0.2, 0.25) is 0 Å². The second kappa shape index (κ2) is 3.40. The minimum Gasteiger partial charge on any atom is -0.449 e. The molecule has 0 aliphatic carbocycles. The van der Waals surface area contributed by atoms with E-state index in [1.54, 1.807) is 6.92 Å². The Morgan fingerprint density at radius 3 is 2.31 bits per heavy atom. The van der Waals surface area contributed by atoms with Crippen molar-refractivity contribution in [2.75, 3.05) is 0 Å². The lowest BCUT2D eigenvalue weighted by Gasteiger charge is -2.13. The van der Waals surface area contributed by atoms with E-state index < -0.39 is 19.1 Å². The van der Waals surface area contributed by atoms with E-state index in [-0.39, 0.29) is 5.56 Å². The van der Waals surface area contributed by atoms with Gasteiger partial charge in [0.25, 0.3) is 0 Å². The zero-order valence-electron chi connectivity index (χ0n) is 7.03. The van der Waals surface area contributed by atoms with Crippen molar-refractivity contribution in [1.82, 2.24) is 0 Å². The first-order chi connectivity index (χ1) is 5.88. The third kappa shape index (κ3) is 3.09. The van der Waals surface area contributed by atoms with Gasteiger partial charge in [0, 0.05) is 0 Å². The standard InChI is InChI=1S/C8H8BF4/c1-6-2-3-7(8(10)4-6)5-9(11,12)13/h2-4H,5H2,1H3/q-1. The average molecular weight is 191 g/mol. The molecule has 0 saturated heterocycles. The molecular formula is C8H8BF4-. The maximum atomic E-state index is 12.9. The number of halogens is 4. The Morgan fingerprint density at radius 1 is 1.23 bits per heavy atom. The fraction of sp³-hybridized carbons (Fsp3) is 0.250. The maximum Gasteiger partial charge on any atom is 0.482 e. The third-order valence-electron chi connectivity index (χ3n) is 1.66. The van der Waals surface area contributed by atoms with Crippen molar-refractivity contribution in [3.63, 3.8) is 0 Å². The van der Waals surface area contributed by atoms with Crippen molar-refractivity contribution >= 4 is 6.98 Å². The van der Waals surface area contributed by atoms with Crippen LogP contribution in [0, 0.1) is 12.7 Å². The van der Waals surface area contributed by atoms with E-state index >= 15 is 0 Å². The third-order valence-corrected chi connectivity index (χ3v) is 1.66. The van der Waals surface area contributed by atoms with Crippen LogP contribution in [0.15, 0.2) is 18.2 Å². The van der Waals surface area contributed by atoms with Crippen LogP contribution in [-0.4, -0.2) is 6.98 Å². The summed E-state index contributed by atoms with van der Waals surface area (Å²) in [5.74, 6) is -0.779. The van der Waals surface area contributed by atoms with Crippen LogP contribution in [0.5, 0.6) is 0 Å². The highest BCUT2D eigenvalue weighted by Gasteiger charge is 2.24. The predicted octanol–water partition coefficient (Wildman–Crippen LogP) is 3.06.